The summed E-state index contributed by atoms with van der Waals surface area (Å²) in [6.45, 7) is 6.53. The zero-order valence-electron chi connectivity index (χ0n) is 9.28. The second kappa shape index (κ2) is 5.67. The highest BCUT2D eigenvalue weighted by Gasteiger charge is 2.12. The van der Waals surface area contributed by atoms with Gasteiger partial charge < -0.3 is 10.4 Å². The molecule has 0 saturated heterocycles. The molecule has 0 aliphatic rings. The first-order chi connectivity index (χ1) is 7.01. The molecule has 6 heteroatoms. The van der Waals surface area contributed by atoms with E-state index in [2.05, 4.69) is 15.5 Å². The SMILES string of the molecule is CCNc1nnc(SCCC(C)(C)O)s1. The summed E-state index contributed by atoms with van der Waals surface area (Å²) in [5.74, 6) is 0.865. The van der Waals surface area contributed by atoms with Gasteiger partial charge in [0.2, 0.25) is 5.13 Å². The molecule has 0 bridgehead atoms. The van der Waals surface area contributed by atoms with Crippen molar-refractivity contribution in [3.8, 4) is 0 Å². The number of hydrogen-bond acceptors (Lipinski definition) is 6. The van der Waals surface area contributed by atoms with Gasteiger partial charge in [-0.25, -0.2) is 0 Å². The van der Waals surface area contributed by atoms with Crippen molar-refractivity contribution >= 4 is 28.2 Å². The largest absolute Gasteiger partial charge is 0.390 e. The van der Waals surface area contributed by atoms with E-state index in [1.54, 1.807) is 23.1 Å². The Kier molecular flexibility index (Phi) is 4.82. The van der Waals surface area contributed by atoms with E-state index in [9.17, 15) is 5.11 Å². The first kappa shape index (κ1) is 12.7. The maximum atomic E-state index is 9.53. The predicted octanol–water partition coefficient (Wildman–Crippen LogP) is 2.22. The van der Waals surface area contributed by atoms with Crippen LogP contribution >= 0.6 is 23.1 Å². The Balaban J connectivity index is 2.31. The highest BCUT2D eigenvalue weighted by molar-refractivity contribution is 8.01. The summed E-state index contributed by atoms with van der Waals surface area (Å²) < 4.78 is 0.954. The van der Waals surface area contributed by atoms with E-state index in [-0.39, 0.29) is 0 Å². The molecule has 0 saturated carbocycles. The molecule has 0 spiro atoms. The molecule has 0 unspecified atom stereocenters. The second-order valence-corrected chi connectivity index (χ2v) is 6.13. The van der Waals surface area contributed by atoms with Crippen molar-refractivity contribution in [2.24, 2.45) is 0 Å². The quantitative estimate of drug-likeness (QED) is 0.755. The van der Waals surface area contributed by atoms with E-state index in [0.717, 1.165) is 28.2 Å². The number of nitrogens with one attached hydrogen (secondary N) is 1. The number of anilines is 1. The molecule has 1 heterocycles. The predicted molar refractivity (Wildman–Crippen MR) is 65.7 cm³/mol. The Morgan fingerprint density at radius 3 is 2.80 bits per heavy atom. The van der Waals surface area contributed by atoms with Crippen molar-refractivity contribution in [2.45, 2.75) is 37.1 Å². The third kappa shape index (κ3) is 5.34. The van der Waals surface area contributed by atoms with Gasteiger partial charge in [-0.15, -0.1) is 10.2 Å². The fourth-order valence-electron chi connectivity index (χ4n) is 0.879. The molecule has 86 valence electrons. The van der Waals surface area contributed by atoms with Crippen LogP contribution in [-0.2, 0) is 0 Å². The average Bonchev–Trinajstić information content (AvgIpc) is 2.51. The Labute approximate surface area is 98.5 Å². The van der Waals surface area contributed by atoms with Crippen LogP contribution in [0.3, 0.4) is 0 Å². The number of nitrogens with zero attached hydrogens (tertiary/aromatic N) is 2. The fourth-order valence-corrected chi connectivity index (χ4v) is 3.02. The van der Waals surface area contributed by atoms with Crippen LogP contribution in [0, 0.1) is 0 Å². The molecule has 0 radical (unpaired) electrons. The van der Waals surface area contributed by atoms with Gasteiger partial charge in [-0.2, -0.15) is 0 Å². The summed E-state index contributed by atoms with van der Waals surface area (Å²) in [6, 6.07) is 0. The highest BCUT2D eigenvalue weighted by Crippen LogP contribution is 2.27. The van der Waals surface area contributed by atoms with Gasteiger partial charge in [-0.1, -0.05) is 23.1 Å². The molecular formula is C9H17N3OS2. The monoisotopic (exact) mass is 247 g/mol. The van der Waals surface area contributed by atoms with Crippen LogP contribution in [0.1, 0.15) is 27.2 Å². The molecule has 2 N–H and O–H groups in total. The molecule has 1 rings (SSSR count). The van der Waals surface area contributed by atoms with Crippen LogP contribution in [-0.4, -0.2) is 33.2 Å². The fraction of sp³-hybridized carbons (Fsp3) is 0.778. The van der Waals surface area contributed by atoms with E-state index < -0.39 is 5.60 Å². The molecule has 0 aliphatic heterocycles. The molecule has 4 nitrogen and oxygen atoms in total. The van der Waals surface area contributed by atoms with Gasteiger partial charge in [-0.3, -0.25) is 0 Å². The summed E-state index contributed by atoms with van der Waals surface area (Å²) in [5.41, 5.74) is -0.595. The summed E-state index contributed by atoms with van der Waals surface area (Å²) in [7, 11) is 0. The first-order valence-electron chi connectivity index (χ1n) is 4.94. The number of rotatable bonds is 6. The summed E-state index contributed by atoms with van der Waals surface area (Å²) >= 11 is 3.19. The summed E-state index contributed by atoms with van der Waals surface area (Å²) in [6.07, 6.45) is 0.758. The van der Waals surface area contributed by atoms with Gasteiger partial charge in [0.25, 0.3) is 0 Å². The van der Waals surface area contributed by atoms with Crippen molar-refractivity contribution in [3.63, 3.8) is 0 Å². The molecule has 1 aromatic rings. The van der Waals surface area contributed by atoms with Gasteiger partial charge in [0.15, 0.2) is 4.34 Å². The minimum atomic E-state index is -0.595. The average molecular weight is 247 g/mol. The topological polar surface area (TPSA) is 58.0 Å². The van der Waals surface area contributed by atoms with Gasteiger partial charge in [0.1, 0.15) is 0 Å². The van der Waals surface area contributed by atoms with Crippen LogP contribution in [0.15, 0.2) is 4.34 Å². The van der Waals surface area contributed by atoms with Crippen molar-refractivity contribution < 1.29 is 5.11 Å². The van der Waals surface area contributed by atoms with E-state index in [4.69, 9.17) is 0 Å². The van der Waals surface area contributed by atoms with E-state index >= 15 is 0 Å². The maximum Gasteiger partial charge on any atom is 0.206 e. The van der Waals surface area contributed by atoms with Crippen LogP contribution < -0.4 is 5.32 Å². The first-order valence-corrected chi connectivity index (χ1v) is 6.74. The summed E-state index contributed by atoms with van der Waals surface area (Å²) in [5, 5.41) is 21.5. The third-order valence-corrected chi connectivity index (χ3v) is 3.69. The lowest BCUT2D eigenvalue weighted by molar-refractivity contribution is 0.0777. The Morgan fingerprint density at radius 2 is 2.20 bits per heavy atom. The molecule has 1 aromatic heterocycles. The Bertz CT molecular complexity index is 296. The maximum absolute atomic E-state index is 9.53. The van der Waals surface area contributed by atoms with E-state index in [0.29, 0.717) is 0 Å². The van der Waals surface area contributed by atoms with Crippen LogP contribution in [0.25, 0.3) is 0 Å². The second-order valence-electron chi connectivity index (χ2n) is 3.81. The Morgan fingerprint density at radius 1 is 1.47 bits per heavy atom. The lowest BCUT2D eigenvalue weighted by atomic mass is 10.1. The number of thioether (sulfide) groups is 1. The van der Waals surface area contributed by atoms with Crippen molar-refractivity contribution in [3.05, 3.63) is 0 Å². The van der Waals surface area contributed by atoms with Crippen LogP contribution in [0.5, 0.6) is 0 Å². The lowest BCUT2D eigenvalue weighted by Crippen LogP contribution is -2.18. The lowest BCUT2D eigenvalue weighted by Gasteiger charge is -2.15. The molecule has 0 fully saturated rings. The van der Waals surface area contributed by atoms with Gasteiger partial charge in [0.05, 0.1) is 5.60 Å². The standard InChI is InChI=1S/C9H17N3OS2/c1-4-10-7-11-12-8(15-7)14-6-5-9(2,3)13/h13H,4-6H2,1-3H3,(H,10,11). The highest BCUT2D eigenvalue weighted by atomic mass is 32.2. The number of aromatic nitrogens is 2. The third-order valence-electron chi connectivity index (χ3n) is 1.67. The molecule has 0 atom stereocenters. The molecule has 0 aromatic carbocycles. The Hall–Kier alpha value is -0.330. The molecule has 15 heavy (non-hydrogen) atoms. The summed E-state index contributed by atoms with van der Waals surface area (Å²) in [4.78, 5) is 0. The smallest absolute Gasteiger partial charge is 0.206 e. The molecule has 0 amide bonds. The van der Waals surface area contributed by atoms with Gasteiger partial charge in [0, 0.05) is 12.3 Å². The van der Waals surface area contributed by atoms with Crippen molar-refractivity contribution in [1.29, 1.82) is 0 Å². The normalized spacial score (nSPS) is 11.7. The van der Waals surface area contributed by atoms with Crippen LogP contribution in [0.2, 0.25) is 0 Å². The van der Waals surface area contributed by atoms with Gasteiger partial charge >= 0.3 is 0 Å². The van der Waals surface area contributed by atoms with E-state index in [1.807, 2.05) is 20.8 Å². The number of hydrogen-bond donors (Lipinski definition) is 2. The minimum absolute atomic E-state index is 0.595. The van der Waals surface area contributed by atoms with Crippen LogP contribution in [0.4, 0.5) is 5.13 Å². The number of aliphatic hydroxyl groups is 1. The zero-order chi connectivity index (χ0) is 11.3. The zero-order valence-corrected chi connectivity index (χ0v) is 10.9. The molecular weight excluding hydrogens is 230 g/mol. The van der Waals surface area contributed by atoms with Crippen molar-refractivity contribution in [2.75, 3.05) is 17.6 Å². The molecule has 0 aliphatic carbocycles. The minimum Gasteiger partial charge on any atom is -0.390 e. The van der Waals surface area contributed by atoms with Crippen molar-refractivity contribution in [1.82, 2.24) is 10.2 Å². The van der Waals surface area contributed by atoms with Gasteiger partial charge in [-0.05, 0) is 27.2 Å². The van der Waals surface area contributed by atoms with E-state index in [1.165, 1.54) is 0 Å².